The minimum absolute atomic E-state index is 0.0448. The Morgan fingerprint density at radius 3 is 2.41 bits per heavy atom. The van der Waals surface area contributed by atoms with E-state index >= 15 is 0 Å². The topological polar surface area (TPSA) is 47.0 Å². The van der Waals surface area contributed by atoms with E-state index in [0.29, 0.717) is 12.8 Å². The van der Waals surface area contributed by atoms with Crippen LogP contribution in [-0.4, -0.2) is 16.6 Å². The SMILES string of the molecule is Cc1cccc(C)c1C1C(=O)CC(Cc2ccccn2)C1=O. The van der Waals surface area contributed by atoms with Crippen molar-refractivity contribution in [3.63, 3.8) is 0 Å². The maximum absolute atomic E-state index is 12.8. The van der Waals surface area contributed by atoms with Gasteiger partial charge in [0.25, 0.3) is 0 Å². The summed E-state index contributed by atoms with van der Waals surface area (Å²) in [5, 5.41) is 0. The Morgan fingerprint density at radius 1 is 1.05 bits per heavy atom. The molecule has 1 saturated carbocycles. The molecule has 112 valence electrons. The predicted molar refractivity (Wildman–Crippen MR) is 84.7 cm³/mol. The van der Waals surface area contributed by atoms with Crippen LogP contribution >= 0.6 is 0 Å². The number of nitrogens with zero attached hydrogens (tertiary/aromatic N) is 1. The summed E-state index contributed by atoms with van der Waals surface area (Å²) in [4.78, 5) is 29.5. The monoisotopic (exact) mass is 293 g/mol. The lowest BCUT2D eigenvalue weighted by Crippen LogP contribution is -2.18. The van der Waals surface area contributed by atoms with Gasteiger partial charge in [0.2, 0.25) is 0 Å². The molecule has 0 N–H and O–H groups in total. The van der Waals surface area contributed by atoms with Crippen molar-refractivity contribution in [3.05, 3.63) is 65.0 Å². The highest BCUT2D eigenvalue weighted by atomic mass is 16.2. The molecule has 1 aromatic heterocycles. The molecule has 0 spiro atoms. The number of rotatable bonds is 3. The van der Waals surface area contributed by atoms with E-state index in [-0.39, 0.29) is 17.5 Å². The molecule has 1 heterocycles. The highest BCUT2D eigenvalue weighted by Crippen LogP contribution is 2.36. The maximum atomic E-state index is 12.8. The average Bonchev–Trinajstić information content (AvgIpc) is 2.76. The van der Waals surface area contributed by atoms with Gasteiger partial charge < -0.3 is 0 Å². The van der Waals surface area contributed by atoms with Crippen molar-refractivity contribution in [2.75, 3.05) is 0 Å². The Morgan fingerprint density at radius 2 is 1.77 bits per heavy atom. The Labute approximate surface area is 130 Å². The van der Waals surface area contributed by atoms with Crippen molar-refractivity contribution in [1.82, 2.24) is 4.98 Å². The number of aryl methyl sites for hydroxylation is 2. The largest absolute Gasteiger partial charge is 0.298 e. The molecule has 2 aromatic rings. The smallest absolute Gasteiger partial charge is 0.151 e. The zero-order valence-corrected chi connectivity index (χ0v) is 12.9. The number of aromatic nitrogens is 1. The number of carbonyl (C=O) groups is 2. The van der Waals surface area contributed by atoms with Crippen LogP contribution in [0.3, 0.4) is 0 Å². The van der Waals surface area contributed by atoms with Crippen LogP contribution in [0.2, 0.25) is 0 Å². The van der Waals surface area contributed by atoms with Crippen LogP contribution in [0.5, 0.6) is 0 Å². The molecular formula is C19H19NO2. The van der Waals surface area contributed by atoms with Gasteiger partial charge in [0.05, 0.1) is 0 Å². The lowest BCUT2D eigenvalue weighted by molar-refractivity contribution is -0.124. The summed E-state index contributed by atoms with van der Waals surface area (Å²) in [6, 6.07) is 11.6. The number of ketones is 2. The number of pyridine rings is 1. The number of hydrogen-bond acceptors (Lipinski definition) is 3. The Hall–Kier alpha value is -2.29. The maximum Gasteiger partial charge on any atom is 0.151 e. The highest BCUT2D eigenvalue weighted by Gasteiger charge is 2.43. The fourth-order valence-corrected chi connectivity index (χ4v) is 3.39. The van der Waals surface area contributed by atoms with Crippen LogP contribution in [0.4, 0.5) is 0 Å². The summed E-state index contributed by atoms with van der Waals surface area (Å²) >= 11 is 0. The third-order valence-corrected chi connectivity index (χ3v) is 4.47. The van der Waals surface area contributed by atoms with Gasteiger partial charge in [0.1, 0.15) is 11.7 Å². The lowest BCUT2D eigenvalue weighted by atomic mass is 9.87. The molecule has 0 radical (unpaired) electrons. The molecule has 0 aliphatic heterocycles. The number of Topliss-reactive ketones (excluding diaryl/α,β-unsaturated/α-hetero) is 2. The molecule has 1 aromatic carbocycles. The van der Waals surface area contributed by atoms with Gasteiger partial charge in [-0.3, -0.25) is 14.6 Å². The summed E-state index contributed by atoms with van der Waals surface area (Å²) in [7, 11) is 0. The van der Waals surface area contributed by atoms with E-state index in [1.54, 1.807) is 6.20 Å². The van der Waals surface area contributed by atoms with E-state index in [1.165, 1.54) is 0 Å². The summed E-state index contributed by atoms with van der Waals surface area (Å²) < 4.78 is 0. The third kappa shape index (κ3) is 2.59. The first kappa shape index (κ1) is 14.6. The van der Waals surface area contributed by atoms with Crippen LogP contribution in [0, 0.1) is 19.8 Å². The molecule has 2 unspecified atom stereocenters. The van der Waals surface area contributed by atoms with Gasteiger partial charge in [-0.2, -0.15) is 0 Å². The van der Waals surface area contributed by atoms with Gasteiger partial charge in [-0.1, -0.05) is 24.3 Å². The number of carbonyl (C=O) groups excluding carboxylic acids is 2. The zero-order chi connectivity index (χ0) is 15.7. The van der Waals surface area contributed by atoms with Crippen LogP contribution in [0.1, 0.15) is 34.7 Å². The fourth-order valence-electron chi connectivity index (χ4n) is 3.39. The Balaban J connectivity index is 1.89. The first-order valence-corrected chi connectivity index (χ1v) is 7.60. The number of benzene rings is 1. The summed E-state index contributed by atoms with van der Waals surface area (Å²) in [5.74, 6) is -0.738. The predicted octanol–water partition coefficient (Wildman–Crippen LogP) is 3.18. The minimum Gasteiger partial charge on any atom is -0.298 e. The zero-order valence-electron chi connectivity index (χ0n) is 12.9. The van der Waals surface area contributed by atoms with Crippen LogP contribution < -0.4 is 0 Å². The van der Waals surface area contributed by atoms with Crippen LogP contribution in [0.25, 0.3) is 0 Å². The molecule has 3 nitrogen and oxygen atoms in total. The average molecular weight is 293 g/mol. The first-order chi connectivity index (χ1) is 10.6. The lowest BCUT2D eigenvalue weighted by Gasteiger charge is -2.15. The molecule has 1 fully saturated rings. The van der Waals surface area contributed by atoms with Gasteiger partial charge >= 0.3 is 0 Å². The van der Waals surface area contributed by atoms with Crippen molar-refractivity contribution in [2.24, 2.45) is 5.92 Å². The molecule has 1 aliphatic rings. The van der Waals surface area contributed by atoms with Crippen LogP contribution in [0.15, 0.2) is 42.6 Å². The van der Waals surface area contributed by atoms with E-state index in [0.717, 1.165) is 22.4 Å². The van der Waals surface area contributed by atoms with Crippen LogP contribution in [-0.2, 0) is 16.0 Å². The van der Waals surface area contributed by atoms with Crippen molar-refractivity contribution in [3.8, 4) is 0 Å². The van der Waals surface area contributed by atoms with Crippen molar-refractivity contribution < 1.29 is 9.59 Å². The molecule has 22 heavy (non-hydrogen) atoms. The second-order valence-corrected chi connectivity index (χ2v) is 6.03. The third-order valence-electron chi connectivity index (χ3n) is 4.47. The van der Waals surface area contributed by atoms with Crippen molar-refractivity contribution in [1.29, 1.82) is 0 Å². The molecule has 3 rings (SSSR count). The van der Waals surface area contributed by atoms with E-state index in [4.69, 9.17) is 0 Å². The summed E-state index contributed by atoms with van der Waals surface area (Å²) in [6.45, 7) is 3.93. The van der Waals surface area contributed by atoms with E-state index in [1.807, 2.05) is 50.2 Å². The van der Waals surface area contributed by atoms with E-state index < -0.39 is 5.92 Å². The molecule has 3 heteroatoms. The molecule has 0 bridgehead atoms. The van der Waals surface area contributed by atoms with E-state index in [2.05, 4.69) is 4.98 Å². The highest BCUT2D eigenvalue weighted by molar-refractivity contribution is 6.15. The standard InChI is InChI=1S/C19H19NO2/c1-12-6-5-7-13(2)17(12)18-16(21)11-14(19(18)22)10-15-8-3-4-9-20-15/h3-9,14,18H,10-11H2,1-2H3. The van der Waals surface area contributed by atoms with Gasteiger partial charge in [-0.15, -0.1) is 0 Å². The summed E-state index contributed by atoms with van der Waals surface area (Å²) in [6.07, 6.45) is 2.60. The Kier molecular flexibility index (Phi) is 3.88. The Bertz CT molecular complexity index is 701. The molecule has 0 saturated heterocycles. The minimum atomic E-state index is -0.588. The molecule has 1 aliphatic carbocycles. The second-order valence-electron chi connectivity index (χ2n) is 6.03. The number of hydrogen-bond donors (Lipinski definition) is 0. The van der Waals surface area contributed by atoms with E-state index in [9.17, 15) is 9.59 Å². The molecular weight excluding hydrogens is 274 g/mol. The molecule has 2 atom stereocenters. The van der Waals surface area contributed by atoms with Gasteiger partial charge in [-0.25, -0.2) is 0 Å². The van der Waals surface area contributed by atoms with Crippen molar-refractivity contribution in [2.45, 2.75) is 32.6 Å². The summed E-state index contributed by atoms with van der Waals surface area (Å²) in [5.41, 5.74) is 3.81. The quantitative estimate of drug-likeness (QED) is 0.817. The normalized spacial score (nSPS) is 21.4. The van der Waals surface area contributed by atoms with Gasteiger partial charge in [0, 0.05) is 24.2 Å². The second kappa shape index (κ2) is 5.84. The first-order valence-electron chi connectivity index (χ1n) is 7.60. The van der Waals surface area contributed by atoms with Gasteiger partial charge in [0.15, 0.2) is 5.78 Å². The molecule has 0 amide bonds. The van der Waals surface area contributed by atoms with Gasteiger partial charge in [-0.05, 0) is 49.1 Å². The van der Waals surface area contributed by atoms with Crippen molar-refractivity contribution >= 4 is 11.6 Å². The fraction of sp³-hybridized carbons (Fsp3) is 0.316.